The lowest BCUT2D eigenvalue weighted by atomic mass is 10.0. The van der Waals surface area contributed by atoms with Crippen LogP contribution in [0.3, 0.4) is 0 Å². The Morgan fingerprint density at radius 2 is 2.04 bits per heavy atom. The summed E-state index contributed by atoms with van der Waals surface area (Å²) >= 11 is 0. The highest BCUT2D eigenvalue weighted by Gasteiger charge is 2.62. The zero-order valence-corrected chi connectivity index (χ0v) is 17.1. The van der Waals surface area contributed by atoms with E-state index in [-0.39, 0.29) is 47.6 Å². The summed E-state index contributed by atoms with van der Waals surface area (Å²) in [5.41, 5.74) is 1.70. The molecule has 28 heavy (non-hydrogen) atoms. The van der Waals surface area contributed by atoms with Gasteiger partial charge in [0.1, 0.15) is 12.2 Å². The summed E-state index contributed by atoms with van der Waals surface area (Å²) < 4.78 is 15.9. The van der Waals surface area contributed by atoms with Crippen LogP contribution in [0.2, 0.25) is 0 Å². The van der Waals surface area contributed by atoms with Crippen LogP contribution in [-0.4, -0.2) is 43.1 Å². The van der Waals surface area contributed by atoms with E-state index in [1.54, 1.807) is 19.1 Å². The molecule has 1 saturated heterocycles. The number of carbonyl (C=O) groups excluding carboxylic acids is 3. The number of hydrogen-bond donors (Lipinski definition) is 0. The van der Waals surface area contributed by atoms with Gasteiger partial charge in [0.2, 0.25) is 0 Å². The maximum atomic E-state index is 12.8. The Hall–Kier alpha value is -2.21. The van der Waals surface area contributed by atoms with E-state index < -0.39 is 12.1 Å². The quantitative estimate of drug-likeness (QED) is 0.289. The third-order valence-electron chi connectivity index (χ3n) is 6.29. The topological polar surface area (TPSA) is 82.2 Å². The second kappa shape index (κ2) is 7.32. The molecule has 0 aromatic heterocycles. The third kappa shape index (κ3) is 3.70. The summed E-state index contributed by atoms with van der Waals surface area (Å²) in [4.78, 5) is 36.8. The van der Waals surface area contributed by atoms with Crippen LogP contribution >= 0.6 is 0 Å². The van der Waals surface area contributed by atoms with E-state index >= 15 is 0 Å². The predicted molar refractivity (Wildman–Crippen MR) is 102 cm³/mol. The summed E-state index contributed by atoms with van der Waals surface area (Å²) in [6.07, 6.45) is 3.73. The standard InChI is InChI=1S/C22H28O6/c1-7-16-18(27-16)9-13-12(3)17(10-15(13)23)28-21(25)19-14(22(19,4)5)8-11(2)20(24)26-6/h7-8,14,16-19H,1,9-10H2,2-6H3/b11-8+/t14-,16+,17?,18-,19+/m1/s1. The lowest BCUT2D eigenvalue weighted by molar-refractivity contribution is -0.150. The first-order valence-electron chi connectivity index (χ1n) is 9.59. The van der Waals surface area contributed by atoms with Crippen molar-refractivity contribution in [2.24, 2.45) is 17.3 Å². The number of rotatable bonds is 7. The van der Waals surface area contributed by atoms with Gasteiger partial charge in [-0.05, 0) is 30.8 Å². The van der Waals surface area contributed by atoms with Crippen molar-refractivity contribution in [3.05, 3.63) is 35.5 Å². The Labute approximate surface area is 165 Å². The summed E-state index contributed by atoms with van der Waals surface area (Å²) in [5.74, 6) is -1.14. The fraction of sp³-hybridized carbons (Fsp3) is 0.591. The predicted octanol–water partition coefficient (Wildman–Crippen LogP) is 2.92. The molecule has 2 aliphatic carbocycles. The number of hydrogen-bond acceptors (Lipinski definition) is 6. The molecule has 1 aliphatic heterocycles. The van der Waals surface area contributed by atoms with Crippen molar-refractivity contribution in [1.82, 2.24) is 0 Å². The highest BCUT2D eigenvalue weighted by atomic mass is 16.6. The minimum Gasteiger partial charge on any atom is -0.466 e. The first kappa shape index (κ1) is 20.5. The zero-order chi connectivity index (χ0) is 20.8. The maximum Gasteiger partial charge on any atom is 0.333 e. The largest absolute Gasteiger partial charge is 0.466 e. The summed E-state index contributed by atoms with van der Waals surface area (Å²) in [7, 11) is 1.33. The first-order valence-corrected chi connectivity index (χ1v) is 9.59. The highest BCUT2D eigenvalue weighted by Crippen LogP contribution is 2.60. The Kier molecular flexibility index (Phi) is 5.36. The van der Waals surface area contributed by atoms with Crippen LogP contribution in [0.25, 0.3) is 0 Å². The van der Waals surface area contributed by atoms with Crippen LogP contribution in [0, 0.1) is 17.3 Å². The summed E-state index contributed by atoms with van der Waals surface area (Å²) in [5, 5.41) is 0. The SMILES string of the molecule is C=C[C@@H]1O[C@@H]1CC1=C(C)C(OC(=O)[C@@H]2[C@@H](/C=C(\C)C(=O)OC)C2(C)C)CC1=O. The smallest absolute Gasteiger partial charge is 0.333 e. The van der Waals surface area contributed by atoms with Crippen molar-refractivity contribution < 1.29 is 28.6 Å². The molecule has 0 amide bonds. The highest BCUT2D eigenvalue weighted by molar-refractivity contribution is 6.00. The van der Waals surface area contributed by atoms with Crippen LogP contribution in [-0.2, 0) is 28.6 Å². The Morgan fingerprint density at radius 1 is 1.36 bits per heavy atom. The molecule has 0 spiro atoms. The molecule has 0 N–H and O–H groups in total. The van der Waals surface area contributed by atoms with Crippen LogP contribution in [0.4, 0.5) is 0 Å². The zero-order valence-electron chi connectivity index (χ0n) is 17.1. The van der Waals surface area contributed by atoms with Crippen molar-refractivity contribution in [2.45, 2.75) is 58.8 Å². The number of methoxy groups -OCH3 is 1. The van der Waals surface area contributed by atoms with Gasteiger partial charge in [-0.15, -0.1) is 6.58 Å². The van der Waals surface area contributed by atoms with Gasteiger partial charge >= 0.3 is 11.9 Å². The van der Waals surface area contributed by atoms with E-state index in [1.165, 1.54) is 7.11 Å². The number of ketones is 1. The number of carbonyl (C=O) groups is 3. The molecule has 3 rings (SSSR count). The lowest BCUT2D eigenvalue weighted by Gasteiger charge is -2.14. The average Bonchev–Trinajstić information content (AvgIpc) is 3.49. The molecule has 152 valence electrons. The van der Waals surface area contributed by atoms with Gasteiger partial charge in [-0.1, -0.05) is 26.0 Å². The second-order valence-corrected chi connectivity index (χ2v) is 8.46. The monoisotopic (exact) mass is 388 g/mol. The van der Waals surface area contributed by atoms with Crippen molar-refractivity contribution in [2.75, 3.05) is 7.11 Å². The molecule has 2 fully saturated rings. The number of ether oxygens (including phenoxy) is 3. The van der Waals surface area contributed by atoms with Crippen LogP contribution < -0.4 is 0 Å². The molecular weight excluding hydrogens is 360 g/mol. The molecule has 3 aliphatic rings. The van der Waals surface area contributed by atoms with Gasteiger partial charge in [0.15, 0.2) is 5.78 Å². The first-order chi connectivity index (χ1) is 13.1. The minimum absolute atomic E-state index is 0.000897. The average molecular weight is 388 g/mol. The molecule has 6 nitrogen and oxygen atoms in total. The number of allylic oxidation sites excluding steroid dienone is 1. The Balaban J connectivity index is 1.65. The number of Topliss-reactive ketones (excluding diaryl/α,β-unsaturated/α-hetero) is 1. The fourth-order valence-corrected chi connectivity index (χ4v) is 4.14. The van der Waals surface area contributed by atoms with Gasteiger partial charge in [0.25, 0.3) is 0 Å². The van der Waals surface area contributed by atoms with Crippen molar-refractivity contribution >= 4 is 17.7 Å². The maximum absolute atomic E-state index is 12.8. The number of esters is 2. The van der Waals surface area contributed by atoms with Crippen LogP contribution in [0.15, 0.2) is 35.5 Å². The van der Waals surface area contributed by atoms with E-state index in [1.807, 2.05) is 20.8 Å². The van der Waals surface area contributed by atoms with Gasteiger partial charge in [0.05, 0.1) is 25.6 Å². The second-order valence-electron chi connectivity index (χ2n) is 8.46. The van der Waals surface area contributed by atoms with Crippen molar-refractivity contribution in [1.29, 1.82) is 0 Å². The lowest BCUT2D eigenvalue weighted by Crippen LogP contribution is -2.20. The molecule has 0 aromatic carbocycles. The Bertz CT molecular complexity index is 787. The molecule has 1 unspecified atom stereocenters. The molecule has 1 heterocycles. The molecular formula is C22H28O6. The normalized spacial score (nSPS) is 33.5. The van der Waals surface area contributed by atoms with Gasteiger partial charge in [-0.25, -0.2) is 4.79 Å². The van der Waals surface area contributed by atoms with Gasteiger partial charge in [0, 0.05) is 17.6 Å². The summed E-state index contributed by atoms with van der Waals surface area (Å²) in [6, 6.07) is 0. The van der Waals surface area contributed by atoms with Gasteiger partial charge < -0.3 is 14.2 Å². The van der Waals surface area contributed by atoms with Crippen molar-refractivity contribution in [3.8, 4) is 0 Å². The molecule has 6 heteroatoms. The molecule has 5 atom stereocenters. The van der Waals surface area contributed by atoms with E-state index in [0.29, 0.717) is 17.6 Å². The van der Waals surface area contributed by atoms with E-state index in [0.717, 1.165) is 5.57 Å². The van der Waals surface area contributed by atoms with Gasteiger partial charge in [-0.3, -0.25) is 9.59 Å². The molecule has 0 radical (unpaired) electrons. The molecule has 0 aromatic rings. The minimum atomic E-state index is -0.515. The number of epoxide rings is 1. The Morgan fingerprint density at radius 3 is 2.61 bits per heavy atom. The van der Waals surface area contributed by atoms with E-state index in [2.05, 4.69) is 6.58 Å². The van der Waals surface area contributed by atoms with Crippen LogP contribution in [0.1, 0.15) is 40.5 Å². The van der Waals surface area contributed by atoms with Gasteiger partial charge in [-0.2, -0.15) is 0 Å². The van der Waals surface area contributed by atoms with E-state index in [9.17, 15) is 14.4 Å². The van der Waals surface area contributed by atoms with E-state index in [4.69, 9.17) is 14.2 Å². The third-order valence-corrected chi connectivity index (χ3v) is 6.29. The summed E-state index contributed by atoms with van der Waals surface area (Å²) in [6.45, 7) is 11.2. The van der Waals surface area contributed by atoms with Crippen molar-refractivity contribution in [3.63, 3.8) is 0 Å². The van der Waals surface area contributed by atoms with Crippen LogP contribution in [0.5, 0.6) is 0 Å². The fourth-order valence-electron chi connectivity index (χ4n) is 4.14. The molecule has 1 saturated carbocycles. The molecule has 0 bridgehead atoms.